The summed E-state index contributed by atoms with van der Waals surface area (Å²) in [5, 5.41) is 0.698. The first-order valence-corrected chi connectivity index (χ1v) is 8.47. The first kappa shape index (κ1) is 14.6. The SMILES string of the molecule is NC(c1cc(Cl)ccc1I)c1cc(Br)cc2c1OCC2. The van der Waals surface area contributed by atoms with E-state index in [0.29, 0.717) is 5.02 Å². The molecule has 1 atom stereocenters. The molecular formula is C15H12BrClINO. The third-order valence-corrected chi connectivity index (χ3v) is 5.08. The Balaban J connectivity index is 2.11. The van der Waals surface area contributed by atoms with E-state index in [4.69, 9.17) is 22.1 Å². The minimum Gasteiger partial charge on any atom is -0.493 e. The molecule has 2 aromatic carbocycles. The van der Waals surface area contributed by atoms with Gasteiger partial charge in [-0.15, -0.1) is 0 Å². The normalized spacial score (nSPS) is 14.8. The van der Waals surface area contributed by atoms with Gasteiger partial charge >= 0.3 is 0 Å². The van der Waals surface area contributed by atoms with E-state index >= 15 is 0 Å². The molecule has 1 aliphatic rings. The van der Waals surface area contributed by atoms with Crippen LogP contribution in [0.3, 0.4) is 0 Å². The summed E-state index contributed by atoms with van der Waals surface area (Å²) in [4.78, 5) is 0. The lowest BCUT2D eigenvalue weighted by atomic mass is 9.96. The molecule has 104 valence electrons. The Labute approximate surface area is 144 Å². The van der Waals surface area contributed by atoms with Crippen molar-refractivity contribution >= 4 is 50.1 Å². The molecule has 0 bridgehead atoms. The fourth-order valence-corrected chi connectivity index (χ4v) is 3.82. The Morgan fingerprint density at radius 1 is 1.25 bits per heavy atom. The quantitative estimate of drug-likeness (QED) is 0.655. The average Bonchev–Trinajstić information content (AvgIpc) is 2.87. The Morgan fingerprint density at radius 3 is 2.85 bits per heavy atom. The van der Waals surface area contributed by atoms with Gasteiger partial charge in [0.25, 0.3) is 0 Å². The second-order valence-corrected chi connectivity index (χ2v) is 7.24. The molecule has 0 amide bonds. The highest BCUT2D eigenvalue weighted by Gasteiger charge is 2.23. The van der Waals surface area contributed by atoms with Crippen LogP contribution in [0, 0.1) is 3.57 Å². The molecule has 0 saturated heterocycles. The van der Waals surface area contributed by atoms with E-state index in [2.05, 4.69) is 44.6 Å². The highest BCUT2D eigenvalue weighted by molar-refractivity contribution is 14.1. The molecule has 1 unspecified atom stereocenters. The Kier molecular flexibility index (Phi) is 4.26. The highest BCUT2D eigenvalue weighted by atomic mass is 127. The number of nitrogens with two attached hydrogens (primary N) is 1. The molecule has 0 aromatic heterocycles. The molecule has 20 heavy (non-hydrogen) atoms. The molecule has 0 spiro atoms. The summed E-state index contributed by atoms with van der Waals surface area (Å²) in [5.74, 6) is 0.927. The smallest absolute Gasteiger partial charge is 0.127 e. The molecule has 5 heteroatoms. The predicted molar refractivity (Wildman–Crippen MR) is 93.5 cm³/mol. The fraction of sp³-hybridized carbons (Fsp3) is 0.200. The van der Waals surface area contributed by atoms with Crippen LogP contribution >= 0.6 is 50.1 Å². The summed E-state index contributed by atoms with van der Waals surface area (Å²) in [5.41, 5.74) is 9.70. The number of halogens is 3. The zero-order valence-electron chi connectivity index (χ0n) is 10.5. The number of fused-ring (bicyclic) bond motifs is 1. The van der Waals surface area contributed by atoms with Crippen LogP contribution in [-0.2, 0) is 6.42 Å². The molecular weight excluding hydrogens is 452 g/mol. The Morgan fingerprint density at radius 2 is 2.05 bits per heavy atom. The van der Waals surface area contributed by atoms with Crippen molar-refractivity contribution in [1.29, 1.82) is 0 Å². The third kappa shape index (κ3) is 2.71. The first-order valence-electron chi connectivity index (χ1n) is 6.22. The Hall–Kier alpha value is -0.300. The van der Waals surface area contributed by atoms with Crippen LogP contribution in [-0.4, -0.2) is 6.61 Å². The molecule has 1 aliphatic heterocycles. The topological polar surface area (TPSA) is 35.2 Å². The van der Waals surface area contributed by atoms with E-state index in [9.17, 15) is 0 Å². The van der Waals surface area contributed by atoms with Crippen LogP contribution in [0.1, 0.15) is 22.7 Å². The average molecular weight is 465 g/mol. The molecule has 2 aromatic rings. The molecule has 1 heterocycles. The molecule has 0 saturated carbocycles. The summed E-state index contributed by atoms with van der Waals surface area (Å²) < 4.78 is 7.90. The maximum atomic E-state index is 6.46. The number of hydrogen-bond acceptors (Lipinski definition) is 2. The molecule has 0 aliphatic carbocycles. The highest BCUT2D eigenvalue weighted by Crippen LogP contribution is 2.39. The van der Waals surface area contributed by atoms with Gasteiger partial charge in [-0.05, 0) is 64.0 Å². The van der Waals surface area contributed by atoms with Gasteiger partial charge < -0.3 is 10.5 Å². The number of ether oxygens (including phenoxy) is 1. The van der Waals surface area contributed by atoms with Crippen molar-refractivity contribution in [2.45, 2.75) is 12.5 Å². The maximum absolute atomic E-state index is 6.46. The fourth-order valence-electron chi connectivity index (χ4n) is 2.45. The third-order valence-electron chi connectivity index (χ3n) is 3.41. The van der Waals surface area contributed by atoms with Crippen molar-refractivity contribution in [3.05, 3.63) is 60.1 Å². The first-order chi connectivity index (χ1) is 9.56. The second kappa shape index (κ2) is 5.83. The second-order valence-electron chi connectivity index (χ2n) is 4.73. The minimum absolute atomic E-state index is 0.245. The van der Waals surface area contributed by atoms with Gasteiger partial charge in [-0.3, -0.25) is 0 Å². The largest absolute Gasteiger partial charge is 0.493 e. The zero-order valence-corrected chi connectivity index (χ0v) is 15.0. The molecule has 2 nitrogen and oxygen atoms in total. The van der Waals surface area contributed by atoms with Crippen LogP contribution in [0.4, 0.5) is 0 Å². The lowest BCUT2D eigenvalue weighted by Crippen LogP contribution is -2.14. The maximum Gasteiger partial charge on any atom is 0.127 e. The van der Waals surface area contributed by atoms with Crippen LogP contribution in [0.2, 0.25) is 5.02 Å². The van der Waals surface area contributed by atoms with Crippen LogP contribution < -0.4 is 10.5 Å². The van der Waals surface area contributed by atoms with Crippen molar-refractivity contribution in [2.24, 2.45) is 5.73 Å². The number of rotatable bonds is 2. The van der Waals surface area contributed by atoms with Gasteiger partial charge in [-0.25, -0.2) is 0 Å². The molecule has 2 N–H and O–H groups in total. The van der Waals surface area contributed by atoms with E-state index < -0.39 is 0 Å². The van der Waals surface area contributed by atoms with Crippen molar-refractivity contribution < 1.29 is 4.74 Å². The van der Waals surface area contributed by atoms with E-state index in [1.54, 1.807) is 0 Å². The van der Waals surface area contributed by atoms with Gasteiger partial charge in [0, 0.05) is 25.0 Å². The van der Waals surface area contributed by atoms with E-state index in [1.807, 2.05) is 24.3 Å². The van der Waals surface area contributed by atoms with Gasteiger partial charge in [0.2, 0.25) is 0 Å². The monoisotopic (exact) mass is 463 g/mol. The van der Waals surface area contributed by atoms with Gasteiger partial charge in [-0.2, -0.15) is 0 Å². The molecule has 0 fully saturated rings. The van der Waals surface area contributed by atoms with Crippen molar-refractivity contribution in [2.75, 3.05) is 6.61 Å². The summed E-state index contributed by atoms with van der Waals surface area (Å²) in [6, 6.07) is 9.67. The van der Waals surface area contributed by atoms with Crippen LogP contribution in [0.25, 0.3) is 0 Å². The van der Waals surface area contributed by atoms with Gasteiger partial charge in [0.05, 0.1) is 12.6 Å². The minimum atomic E-state index is -0.245. The summed E-state index contributed by atoms with van der Waals surface area (Å²) in [6.07, 6.45) is 0.932. The number of hydrogen-bond donors (Lipinski definition) is 1. The molecule has 3 rings (SSSR count). The molecule has 0 radical (unpaired) electrons. The van der Waals surface area contributed by atoms with E-state index in [0.717, 1.165) is 37.9 Å². The van der Waals surface area contributed by atoms with Crippen molar-refractivity contribution in [3.63, 3.8) is 0 Å². The zero-order chi connectivity index (χ0) is 14.3. The standard InChI is InChI=1S/C15H12BrClINO/c16-9-5-8-3-4-20-15(8)12(6-9)14(19)11-7-10(17)1-2-13(11)18/h1-2,5-7,14H,3-4,19H2. The van der Waals surface area contributed by atoms with Crippen LogP contribution in [0.15, 0.2) is 34.8 Å². The lowest BCUT2D eigenvalue weighted by molar-refractivity contribution is 0.352. The van der Waals surface area contributed by atoms with Crippen molar-refractivity contribution in [3.8, 4) is 5.75 Å². The van der Waals surface area contributed by atoms with Crippen molar-refractivity contribution in [1.82, 2.24) is 0 Å². The lowest BCUT2D eigenvalue weighted by Gasteiger charge is -2.18. The van der Waals surface area contributed by atoms with E-state index in [-0.39, 0.29) is 6.04 Å². The number of benzene rings is 2. The van der Waals surface area contributed by atoms with E-state index in [1.165, 1.54) is 5.56 Å². The summed E-state index contributed by atoms with van der Waals surface area (Å²) in [6.45, 7) is 0.720. The summed E-state index contributed by atoms with van der Waals surface area (Å²) in [7, 11) is 0. The van der Waals surface area contributed by atoms with Gasteiger partial charge in [0.15, 0.2) is 0 Å². The summed E-state index contributed by atoms with van der Waals surface area (Å²) >= 11 is 11.9. The predicted octanol–water partition coefficient (Wildman–Crippen LogP) is 4.69. The Bertz CT molecular complexity index is 677. The van der Waals surface area contributed by atoms with Crippen LogP contribution in [0.5, 0.6) is 5.75 Å². The van der Waals surface area contributed by atoms with Gasteiger partial charge in [0.1, 0.15) is 5.75 Å². The van der Waals surface area contributed by atoms with Gasteiger partial charge in [-0.1, -0.05) is 27.5 Å².